The summed E-state index contributed by atoms with van der Waals surface area (Å²) < 4.78 is 29.5. The number of nitrogens with one attached hydrogen (secondary N) is 1. The maximum absolute atomic E-state index is 14.7. The topological polar surface area (TPSA) is 86.8 Å². The highest BCUT2D eigenvalue weighted by Gasteiger charge is 2.35. The molecule has 4 aromatic rings. The molecular weight excluding hydrogens is 689 g/mol. The first kappa shape index (κ1) is 35.7. The van der Waals surface area contributed by atoms with E-state index in [0.717, 1.165) is 47.5 Å². The minimum atomic E-state index is -4.22. The van der Waals surface area contributed by atoms with Crippen molar-refractivity contribution in [2.75, 3.05) is 10.8 Å². The smallest absolute Gasteiger partial charge is 0.264 e. The first-order valence-electron chi connectivity index (χ1n) is 15.9. The number of rotatable bonds is 12. The summed E-state index contributed by atoms with van der Waals surface area (Å²) in [4.78, 5) is 30.4. The summed E-state index contributed by atoms with van der Waals surface area (Å²) in [6, 6.07) is 26.2. The highest BCUT2D eigenvalue weighted by atomic mass is 35.5. The van der Waals surface area contributed by atoms with E-state index in [2.05, 4.69) is 5.32 Å². The lowest BCUT2D eigenvalue weighted by atomic mass is 9.94. The van der Waals surface area contributed by atoms with E-state index in [1.54, 1.807) is 54.6 Å². The maximum Gasteiger partial charge on any atom is 0.264 e. The van der Waals surface area contributed by atoms with E-state index in [0.29, 0.717) is 20.6 Å². The molecular formula is C37H38Cl3N3O4S. The molecule has 7 nitrogen and oxygen atoms in total. The van der Waals surface area contributed by atoms with E-state index in [-0.39, 0.29) is 35.5 Å². The molecule has 11 heteroatoms. The zero-order valence-corrected chi connectivity index (χ0v) is 29.7. The number of carbonyl (C=O) groups excluding carboxylic acids is 2. The van der Waals surface area contributed by atoms with Crippen molar-refractivity contribution in [3.05, 3.63) is 129 Å². The van der Waals surface area contributed by atoms with E-state index in [9.17, 15) is 18.0 Å². The van der Waals surface area contributed by atoms with Gasteiger partial charge >= 0.3 is 0 Å². The van der Waals surface area contributed by atoms with Gasteiger partial charge in [0.2, 0.25) is 11.8 Å². The average molecular weight is 727 g/mol. The summed E-state index contributed by atoms with van der Waals surface area (Å²) in [5, 5.41) is 4.28. The van der Waals surface area contributed by atoms with Crippen LogP contribution in [0.25, 0.3) is 0 Å². The molecule has 5 rings (SSSR count). The maximum atomic E-state index is 14.7. The molecule has 0 spiro atoms. The number of hydrogen-bond acceptors (Lipinski definition) is 4. The fourth-order valence-electron chi connectivity index (χ4n) is 5.91. The monoisotopic (exact) mass is 725 g/mol. The molecule has 4 aromatic carbocycles. The number of hydrogen-bond donors (Lipinski definition) is 1. The fraction of sp³-hybridized carbons (Fsp3) is 0.297. The second kappa shape index (κ2) is 16.2. The largest absolute Gasteiger partial charge is 0.352 e. The van der Waals surface area contributed by atoms with Crippen molar-refractivity contribution >= 4 is 62.3 Å². The summed E-state index contributed by atoms with van der Waals surface area (Å²) in [6.07, 6.45) is 5.11. The number of amides is 2. The molecule has 1 fully saturated rings. The number of aryl methyl sites for hydroxylation is 1. The highest BCUT2D eigenvalue weighted by molar-refractivity contribution is 7.92. The first-order chi connectivity index (χ1) is 23.0. The predicted octanol–water partition coefficient (Wildman–Crippen LogP) is 8.24. The Balaban J connectivity index is 1.57. The van der Waals surface area contributed by atoms with Gasteiger partial charge in [-0.1, -0.05) is 108 Å². The molecule has 0 saturated heterocycles. The SMILES string of the molecule is Cc1ccc(S(=O)(=O)N(CC(=O)N(Cc2ccc(Cl)c(Cl)c2)C(Cc2ccccc2)C(=O)NC2CCCCC2)c2ccc(Cl)cc2)cc1. The molecule has 252 valence electrons. The summed E-state index contributed by atoms with van der Waals surface area (Å²) >= 11 is 18.8. The summed E-state index contributed by atoms with van der Waals surface area (Å²) in [5.41, 5.74) is 2.65. The summed E-state index contributed by atoms with van der Waals surface area (Å²) in [6.45, 7) is 1.29. The van der Waals surface area contributed by atoms with Crippen LogP contribution in [0.1, 0.15) is 48.8 Å². The van der Waals surface area contributed by atoms with Crippen LogP contribution in [0.4, 0.5) is 5.69 Å². The average Bonchev–Trinajstić information content (AvgIpc) is 3.08. The van der Waals surface area contributed by atoms with Crippen LogP contribution in [0.5, 0.6) is 0 Å². The lowest BCUT2D eigenvalue weighted by Crippen LogP contribution is -2.55. The van der Waals surface area contributed by atoms with Gasteiger partial charge in [-0.05, 0) is 79.4 Å². The Labute approximate surface area is 297 Å². The van der Waals surface area contributed by atoms with Crippen molar-refractivity contribution in [1.29, 1.82) is 0 Å². The Morgan fingerprint density at radius 1 is 0.812 bits per heavy atom. The number of benzene rings is 4. The normalized spacial score (nSPS) is 14.2. The Morgan fingerprint density at radius 2 is 1.48 bits per heavy atom. The third-order valence-corrected chi connectivity index (χ3v) is 11.3. The molecule has 0 bridgehead atoms. The van der Waals surface area contributed by atoms with E-state index >= 15 is 0 Å². The lowest BCUT2D eigenvalue weighted by molar-refractivity contribution is -0.140. The van der Waals surface area contributed by atoms with E-state index in [4.69, 9.17) is 34.8 Å². The van der Waals surface area contributed by atoms with Crippen LogP contribution in [0.2, 0.25) is 15.1 Å². The van der Waals surface area contributed by atoms with Crippen LogP contribution in [-0.4, -0.2) is 43.8 Å². The van der Waals surface area contributed by atoms with Crippen LogP contribution in [-0.2, 0) is 32.6 Å². The van der Waals surface area contributed by atoms with Gasteiger partial charge in [-0.2, -0.15) is 0 Å². The Hall–Kier alpha value is -3.56. The van der Waals surface area contributed by atoms with Gasteiger partial charge in [-0.15, -0.1) is 0 Å². The van der Waals surface area contributed by atoms with Crippen molar-refractivity contribution < 1.29 is 18.0 Å². The standard InChI is InChI=1S/C37H38Cl3N3O4S/c1-26-12-19-32(20-13-26)48(46,47)43(31-17-15-29(38)16-18-31)25-36(44)42(24-28-14-21-33(39)34(40)22-28)35(23-27-8-4-2-5-9-27)37(45)41-30-10-6-3-7-11-30/h2,4-5,8-9,12-22,30,35H,3,6-7,10-11,23-25H2,1H3,(H,41,45). The van der Waals surface area contributed by atoms with E-state index < -0.39 is 28.5 Å². The number of nitrogens with zero attached hydrogens (tertiary/aromatic N) is 2. The minimum absolute atomic E-state index is 0.000988. The highest BCUT2D eigenvalue weighted by Crippen LogP contribution is 2.28. The molecule has 1 atom stereocenters. The number of carbonyl (C=O) groups is 2. The van der Waals surface area contributed by atoms with Gasteiger partial charge in [0, 0.05) is 24.0 Å². The Morgan fingerprint density at radius 3 is 2.12 bits per heavy atom. The van der Waals surface area contributed by atoms with E-state index in [1.165, 1.54) is 17.0 Å². The Bertz CT molecular complexity index is 1820. The molecule has 48 heavy (non-hydrogen) atoms. The molecule has 1 unspecified atom stereocenters. The number of anilines is 1. The van der Waals surface area contributed by atoms with Gasteiger partial charge in [0.15, 0.2) is 0 Å². The molecule has 1 aliphatic rings. The van der Waals surface area contributed by atoms with Crippen LogP contribution in [0.15, 0.2) is 102 Å². The fourth-order valence-corrected chi connectivity index (χ4v) is 7.77. The molecule has 0 aromatic heterocycles. The predicted molar refractivity (Wildman–Crippen MR) is 193 cm³/mol. The molecule has 1 N–H and O–H groups in total. The van der Waals surface area contributed by atoms with Crippen molar-refractivity contribution in [1.82, 2.24) is 10.2 Å². The molecule has 0 radical (unpaired) electrons. The van der Waals surface area contributed by atoms with Crippen molar-refractivity contribution in [2.24, 2.45) is 0 Å². The van der Waals surface area contributed by atoms with E-state index in [1.807, 2.05) is 37.3 Å². The summed E-state index contributed by atoms with van der Waals surface area (Å²) in [7, 11) is -4.22. The van der Waals surface area contributed by atoms with Gasteiger partial charge in [-0.3, -0.25) is 13.9 Å². The molecule has 1 aliphatic carbocycles. The van der Waals surface area contributed by atoms with Gasteiger partial charge in [0.25, 0.3) is 10.0 Å². The third-order valence-electron chi connectivity index (χ3n) is 8.56. The van der Waals surface area contributed by atoms with Crippen molar-refractivity contribution in [3.63, 3.8) is 0 Å². The van der Waals surface area contributed by atoms with Gasteiger partial charge < -0.3 is 10.2 Å². The van der Waals surface area contributed by atoms with Gasteiger partial charge in [0.05, 0.1) is 20.6 Å². The van der Waals surface area contributed by atoms with Gasteiger partial charge in [-0.25, -0.2) is 8.42 Å². The second-order valence-electron chi connectivity index (χ2n) is 12.1. The summed E-state index contributed by atoms with van der Waals surface area (Å²) in [5.74, 6) is -0.856. The molecule has 1 saturated carbocycles. The zero-order chi connectivity index (χ0) is 34.3. The number of halogens is 3. The van der Waals surface area contributed by atoms with Crippen LogP contribution in [0, 0.1) is 6.92 Å². The second-order valence-corrected chi connectivity index (χ2v) is 15.2. The lowest BCUT2D eigenvalue weighted by Gasteiger charge is -2.35. The molecule has 0 heterocycles. The third kappa shape index (κ3) is 9.11. The molecule has 2 amide bonds. The van der Waals surface area contributed by atoms with Crippen molar-refractivity contribution in [3.8, 4) is 0 Å². The first-order valence-corrected chi connectivity index (χ1v) is 18.5. The van der Waals surface area contributed by atoms with Gasteiger partial charge in [0.1, 0.15) is 12.6 Å². The van der Waals surface area contributed by atoms with Crippen LogP contribution in [0.3, 0.4) is 0 Å². The molecule has 0 aliphatic heterocycles. The Kier molecular flexibility index (Phi) is 12.1. The van der Waals surface area contributed by atoms with Crippen LogP contribution >= 0.6 is 34.8 Å². The quantitative estimate of drug-likeness (QED) is 0.159. The minimum Gasteiger partial charge on any atom is -0.352 e. The zero-order valence-electron chi connectivity index (χ0n) is 26.6. The van der Waals surface area contributed by atoms with Crippen LogP contribution < -0.4 is 9.62 Å². The van der Waals surface area contributed by atoms with Crippen molar-refractivity contribution in [2.45, 2.75) is 69.0 Å². The number of sulfonamides is 1.